The summed E-state index contributed by atoms with van der Waals surface area (Å²) in [6, 6.07) is 4.65. The summed E-state index contributed by atoms with van der Waals surface area (Å²) in [4.78, 5) is 23.9. The lowest BCUT2D eigenvalue weighted by atomic mass is 10.2. The van der Waals surface area contributed by atoms with Gasteiger partial charge in [-0.05, 0) is 24.6 Å². The Morgan fingerprint density at radius 1 is 1.31 bits per heavy atom. The van der Waals surface area contributed by atoms with Crippen LogP contribution in [0, 0.1) is 10.1 Å². The van der Waals surface area contributed by atoms with Gasteiger partial charge in [0.2, 0.25) is 10.0 Å². The van der Waals surface area contributed by atoms with E-state index in [0.29, 0.717) is 5.56 Å². The molecule has 0 radical (unpaired) electrons. The molecule has 1 aliphatic rings. The molecular weight excluding hydrogens is 468 g/mol. The Balaban J connectivity index is 2.12. The van der Waals surface area contributed by atoms with E-state index in [4.69, 9.17) is 8.92 Å². The molecule has 0 unspecified atom stereocenters. The summed E-state index contributed by atoms with van der Waals surface area (Å²) in [7, 11) is -6.15. The van der Waals surface area contributed by atoms with Crippen molar-refractivity contribution in [1.29, 1.82) is 0 Å². The molecule has 15 heteroatoms. The van der Waals surface area contributed by atoms with Crippen LogP contribution in [0.5, 0.6) is 0 Å². The maximum atomic E-state index is 12.6. The Labute approximate surface area is 185 Å². The minimum atomic E-state index is -3.79. The molecule has 0 aliphatic carbocycles. The van der Waals surface area contributed by atoms with Crippen LogP contribution in [0.1, 0.15) is 18.9 Å². The first-order valence-electron chi connectivity index (χ1n) is 9.38. The maximum Gasteiger partial charge on any atom is 0.410 e. The average molecular weight is 493 g/mol. The molecule has 1 saturated heterocycles. The number of carbonyl (C=O) groups is 1. The summed E-state index contributed by atoms with van der Waals surface area (Å²) in [6.45, 7) is 1.15. The van der Waals surface area contributed by atoms with Crippen LogP contribution in [0.2, 0.25) is 0 Å². The Hall–Kier alpha value is -2.78. The topological polar surface area (TPSA) is 166 Å². The lowest BCUT2D eigenvalue weighted by molar-refractivity contribution is -0.384. The van der Waals surface area contributed by atoms with Crippen LogP contribution >= 0.6 is 0 Å². The van der Waals surface area contributed by atoms with Gasteiger partial charge in [0.15, 0.2) is 0 Å². The summed E-state index contributed by atoms with van der Waals surface area (Å²) in [6.07, 6.45) is 0.490. The SMILES string of the molecule is CCS(=O)(=O)N(C)/N=C/[C@@H]1C[C@@H](OS(C)(=O)=O)CN1C(=O)OCc1ccc([N+](=O)[O-])cc1. The van der Waals surface area contributed by atoms with Gasteiger partial charge >= 0.3 is 6.09 Å². The number of amides is 1. The van der Waals surface area contributed by atoms with Crippen molar-refractivity contribution in [2.45, 2.75) is 32.1 Å². The molecule has 2 atom stereocenters. The largest absolute Gasteiger partial charge is 0.445 e. The van der Waals surface area contributed by atoms with Gasteiger partial charge in [-0.2, -0.15) is 17.9 Å². The van der Waals surface area contributed by atoms with Crippen molar-refractivity contribution < 1.29 is 35.5 Å². The summed E-state index contributed by atoms with van der Waals surface area (Å²) < 4.78 is 57.6. The highest BCUT2D eigenvalue weighted by molar-refractivity contribution is 7.89. The number of non-ortho nitro benzene ring substituents is 1. The molecule has 0 bridgehead atoms. The summed E-state index contributed by atoms with van der Waals surface area (Å²) >= 11 is 0. The fraction of sp³-hybridized carbons (Fsp3) is 0.529. The van der Waals surface area contributed by atoms with Gasteiger partial charge in [0.1, 0.15) is 6.61 Å². The number of sulfonamides is 1. The lowest BCUT2D eigenvalue weighted by Crippen LogP contribution is -2.38. The second-order valence-electron chi connectivity index (χ2n) is 6.96. The highest BCUT2D eigenvalue weighted by Gasteiger charge is 2.38. The third-order valence-corrected chi connectivity index (χ3v) is 6.78. The molecule has 0 spiro atoms. The van der Waals surface area contributed by atoms with E-state index in [1.54, 1.807) is 0 Å². The Morgan fingerprint density at radius 3 is 2.47 bits per heavy atom. The maximum absolute atomic E-state index is 12.6. The van der Waals surface area contributed by atoms with E-state index >= 15 is 0 Å². The Morgan fingerprint density at radius 2 is 1.94 bits per heavy atom. The summed E-state index contributed by atoms with van der Waals surface area (Å²) in [5, 5.41) is 14.6. The molecule has 1 aromatic rings. The van der Waals surface area contributed by atoms with Crippen LogP contribution < -0.4 is 0 Å². The zero-order valence-electron chi connectivity index (χ0n) is 17.6. The number of hydrogen-bond donors (Lipinski definition) is 0. The van der Waals surface area contributed by atoms with Crippen molar-refractivity contribution in [3.63, 3.8) is 0 Å². The molecule has 13 nitrogen and oxygen atoms in total. The van der Waals surface area contributed by atoms with E-state index < -0.39 is 43.3 Å². The van der Waals surface area contributed by atoms with Crippen molar-refractivity contribution in [3.8, 4) is 0 Å². The van der Waals surface area contributed by atoms with Gasteiger partial charge in [0, 0.05) is 31.8 Å². The summed E-state index contributed by atoms with van der Waals surface area (Å²) in [5.74, 6) is -0.174. The molecule has 0 aromatic heterocycles. The summed E-state index contributed by atoms with van der Waals surface area (Å²) in [5.41, 5.74) is 0.397. The number of nitrogens with zero attached hydrogens (tertiary/aromatic N) is 4. The van der Waals surface area contributed by atoms with Crippen molar-refractivity contribution >= 4 is 38.1 Å². The third kappa shape index (κ3) is 7.13. The monoisotopic (exact) mass is 492 g/mol. The van der Waals surface area contributed by atoms with Crippen molar-refractivity contribution in [2.24, 2.45) is 5.10 Å². The van der Waals surface area contributed by atoms with Crippen molar-refractivity contribution in [3.05, 3.63) is 39.9 Å². The van der Waals surface area contributed by atoms with Gasteiger partial charge in [-0.3, -0.25) is 19.2 Å². The Bertz CT molecular complexity index is 1070. The van der Waals surface area contributed by atoms with Crippen molar-refractivity contribution in [1.82, 2.24) is 9.31 Å². The number of nitro benzene ring substituents is 1. The average Bonchev–Trinajstić information content (AvgIpc) is 3.11. The van der Waals surface area contributed by atoms with Crippen LogP contribution in [0.15, 0.2) is 29.4 Å². The molecule has 1 fully saturated rings. The zero-order chi connectivity index (χ0) is 24.1. The number of carbonyl (C=O) groups excluding carboxylic acids is 1. The first kappa shape index (κ1) is 25.5. The normalized spacial score (nSPS) is 19.3. The van der Waals surface area contributed by atoms with Crippen LogP contribution in [0.25, 0.3) is 0 Å². The number of likely N-dealkylation sites (tertiary alicyclic amines) is 1. The molecule has 1 heterocycles. The number of ether oxygens (including phenoxy) is 1. The van der Waals surface area contributed by atoms with Gasteiger partial charge in [-0.1, -0.05) is 0 Å². The van der Waals surface area contributed by atoms with Gasteiger partial charge in [-0.15, -0.1) is 0 Å². The van der Waals surface area contributed by atoms with E-state index in [1.807, 2.05) is 0 Å². The van der Waals surface area contributed by atoms with Crippen LogP contribution in [-0.4, -0.2) is 81.1 Å². The first-order chi connectivity index (χ1) is 14.8. The van der Waals surface area contributed by atoms with E-state index in [9.17, 15) is 31.7 Å². The smallest absolute Gasteiger partial charge is 0.410 e. The fourth-order valence-electron chi connectivity index (χ4n) is 2.87. The van der Waals surface area contributed by atoms with Gasteiger partial charge < -0.3 is 4.74 Å². The van der Waals surface area contributed by atoms with Gasteiger partial charge in [-0.25, -0.2) is 13.2 Å². The minimum absolute atomic E-state index is 0.0587. The van der Waals surface area contributed by atoms with Crippen molar-refractivity contribution in [2.75, 3.05) is 25.6 Å². The molecule has 178 valence electrons. The molecular formula is C17H24N4O9S2. The number of hydrogen-bond acceptors (Lipinski definition) is 10. The molecule has 0 N–H and O–H groups in total. The van der Waals surface area contributed by atoms with Gasteiger partial charge in [0.05, 0.1) is 35.6 Å². The second kappa shape index (κ2) is 10.2. The van der Waals surface area contributed by atoms with Crippen LogP contribution in [0.3, 0.4) is 0 Å². The standard InChI is InChI=1S/C17H24N4O9S2/c1-4-32(27,28)19(2)18-10-15-9-16(30-31(3,25)26)11-20(15)17(22)29-12-13-5-7-14(8-6-13)21(23)24/h5-8,10,15-16H,4,9,11-12H2,1-3H3/b18-10+/t15-,16+/m0/s1. The minimum Gasteiger partial charge on any atom is -0.445 e. The first-order valence-corrected chi connectivity index (χ1v) is 12.8. The predicted molar refractivity (Wildman–Crippen MR) is 114 cm³/mol. The zero-order valence-corrected chi connectivity index (χ0v) is 19.3. The van der Waals surface area contributed by atoms with Gasteiger partial charge in [0.25, 0.3) is 15.8 Å². The predicted octanol–water partition coefficient (Wildman–Crippen LogP) is 0.918. The highest BCUT2D eigenvalue weighted by Crippen LogP contribution is 2.22. The molecule has 2 rings (SSSR count). The quantitative estimate of drug-likeness (QED) is 0.211. The number of benzene rings is 1. The number of hydrazone groups is 1. The molecule has 1 aliphatic heterocycles. The molecule has 1 amide bonds. The molecule has 32 heavy (non-hydrogen) atoms. The number of rotatable bonds is 9. The second-order valence-corrected chi connectivity index (χ2v) is 10.8. The van der Waals surface area contributed by atoms with E-state index in [0.717, 1.165) is 10.7 Å². The number of nitro groups is 1. The lowest BCUT2D eigenvalue weighted by Gasteiger charge is -2.21. The van der Waals surface area contributed by atoms with E-state index in [1.165, 1.54) is 49.4 Å². The van der Waals surface area contributed by atoms with E-state index in [2.05, 4.69) is 5.10 Å². The highest BCUT2D eigenvalue weighted by atomic mass is 32.2. The fourth-order valence-corrected chi connectivity index (χ4v) is 4.07. The third-order valence-electron chi connectivity index (χ3n) is 4.53. The molecule has 1 aromatic carbocycles. The van der Waals surface area contributed by atoms with E-state index in [-0.39, 0.29) is 31.0 Å². The van der Waals surface area contributed by atoms with Crippen LogP contribution in [0.4, 0.5) is 10.5 Å². The Kier molecular flexibility index (Phi) is 8.14. The van der Waals surface area contributed by atoms with Crippen LogP contribution in [-0.2, 0) is 35.7 Å². The molecule has 0 saturated carbocycles.